The van der Waals surface area contributed by atoms with Crippen LogP contribution in [0.2, 0.25) is 0 Å². The monoisotopic (exact) mass is 291 g/mol. The fourth-order valence-corrected chi connectivity index (χ4v) is 4.56. The van der Waals surface area contributed by atoms with Crippen molar-refractivity contribution in [3.63, 3.8) is 0 Å². The predicted octanol–water partition coefficient (Wildman–Crippen LogP) is 0.146. The van der Waals surface area contributed by atoms with E-state index in [1.165, 1.54) is 0 Å². The van der Waals surface area contributed by atoms with Gasteiger partial charge in [0.05, 0.1) is 17.3 Å². The second kappa shape index (κ2) is 5.81. The third-order valence-corrected chi connectivity index (χ3v) is 5.32. The average molecular weight is 291 g/mol. The van der Waals surface area contributed by atoms with E-state index in [1.807, 2.05) is 6.07 Å². The first-order chi connectivity index (χ1) is 8.20. The van der Waals surface area contributed by atoms with Crippen molar-refractivity contribution in [1.82, 2.24) is 0 Å². The van der Waals surface area contributed by atoms with E-state index >= 15 is 0 Å². The van der Waals surface area contributed by atoms with Crippen molar-refractivity contribution in [2.45, 2.75) is 6.04 Å². The summed E-state index contributed by atoms with van der Waals surface area (Å²) in [5, 5.41) is 0. The summed E-state index contributed by atoms with van der Waals surface area (Å²) in [6.07, 6.45) is 1.01. The van der Waals surface area contributed by atoms with Crippen molar-refractivity contribution in [3.05, 3.63) is 35.9 Å². The van der Waals surface area contributed by atoms with Gasteiger partial charge in [-0.15, -0.1) is 0 Å². The van der Waals surface area contributed by atoms with E-state index in [9.17, 15) is 16.8 Å². The Morgan fingerprint density at radius 1 is 1.06 bits per heavy atom. The minimum atomic E-state index is -3.47. The highest BCUT2D eigenvalue weighted by Gasteiger charge is 2.19. The summed E-state index contributed by atoms with van der Waals surface area (Å²) >= 11 is 0. The van der Waals surface area contributed by atoms with E-state index in [4.69, 9.17) is 5.73 Å². The zero-order valence-corrected chi connectivity index (χ0v) is 11.7. The molecule has 0 spiro atoms. The second-order valence-electron chi connectivity index (χ2n) is 4.26. The number of benzene rings is 1. The van der Waals surface area contributed by atoms with Gasteiger partial charge in [0.25, 0.3) is 0 Å². The fraction of sp³-hybridized carbons (Fsp3) is 0.455. The maximum absolute atomic E-state index is 11.7. The molecule has 0 bridgehead atoms. The maximum atomic E-state index is 11.7. The number of sulfone groups is 2. The standard InChI is InChI=1S/C11H17NO4S2/c1-17(13,14)7-8-18(15,16)9-11(12)10-5-3-2-4-6-10/h2-6,11H,7-9,12H2,1H3. The molecule has 2 N–H and O–H groups in total. The maximum Gasteiger partial charge on any atom is 0.153 e. The lowest BCUT2D eigenvalue weighted by atomic mass is 10.1. The minimum Gasteiger partial charge on any atom is -0.323 e. The van der Waals surface area contributed by atoms with Gasteiger partial charge in [-0.25, -0.2) is 16.8 Å². The molecule has 0 aliphatic carbocycles. The van der Waals surface area contributed by atoms with Gasteiger partial charge in [0.1, 0.15) is 9.84 Å². The molecule has 1 atom stereocenters. The molecule has 0 radical (unpaired) electrons. The van der Waals surface area contributed by atoms with Gasteiger partial charge in [-0.1, -0.05) is 30.3 Å². The Balaban J connectivity index is 2.67. The molecule has 0 saturated carbocycles. The van der Waals surface area contributed by atoms with E-state index in [0.29, 0.717) is 0 Å². The second-order valence-corrected chi connectivity index (χ2v) is 8.75. The lowest BCUT2D eigenvalue weighted by molar-refractivity contribution is 0.585. The first-order valence-electron chi connectivity index (χ1n) is 5.38. The highest BCUT2D eigenvalue weighted by atomic mass is 32.2. The first kappa shape index (κ1) is 15.1. The molecule has 0 fully saturated rings. The molecule has 0 aromatic heterocycles. The topological polar surface area (TPSA) is 94.3 Å². The van der Waals surface area contributed by atoms with Gasteiger partial charge in [-0.3, -0.25) is 0 Å². The van der Waals surface area contributed by atoms with Crippen LogP contribution in [0.4, 0.5) is 0 Å². The van der Waals surface area contributed by atoms with Gasteiger partial charge < -0.3 is 5.73 Å². The number of hydrogen-bond donors (Lipinski definition) is 1. The number of rotatable bonds is 6. The highest BCUT2D eigenvalue weighted by molar-refractivity contribution is 7.94. The Labute approximate surface area is 108 Å². The third-order valence-electron chi connectivity index (χ3n) is 2.43. The van der Waals surface area contributed by atoms with Crippen molar-refractivity contribution in [2.75, 3.05) is 23.5 Å². The van der Waals surface area contributed by atoms with Crippen LogP contribution >= 0.6 is 0 Å². The molecule has 18 heavy (non-hydrogen) atoms. The third kappa shape index (κ3) is 5.61. The lowest BCUT2D eigenvalue weighted by Gasteiger charge is -2.12. The van der Waals surface area contributed by atoms with Crippen LogP contribution in [-0.4, -0.2) is 40.3 Å². The zero-order valence-electron chi connectivity index (χ0n) is 10.1. The SMILES string of the molecule is CS(=O)(=O)CCS(=O)(=O)CC(N)c1ccccc1. The quantitative estimate of drug-likeness (QED) is 0.805. The van der Waals surface area contributed by atoms with E-state index < -0.39 is 25.7 Å². The first-order valence-corrected chi connectivity index (χ1v) is 9.26. The van der Waals surface area contributed by atoms with E-state index in [2.05, 4.69) is 0 Å². The minimum absolute atomic E-state index is 0.244. The molecule has 0 heterocycles. The van der Waals surface area contributed by atoms with Crippen molar-refractivity contribution >= 4 is 19.7 Å². The average Bonchev–Trinajstić information content (AvgIpc) is 2.26. The Morgan fingerprint density at radius 3 is 2.11 bits per heavy atom. The molecule has 1 rings (SSSR count). The van der Waals surface area contributed by atoms with E-state index in [1.54, 1.807) is 24.3 Å². The molecule has 1 unspecified atom stereocenters. The summed E-state index contributed by atoms with van der Waals surface area (Å²) < 4.78 is 45.3. The number of hydrogen-bond acceptors (Lipinski definition) is 5. The van der Waals surface area contributed by atoms with Crippen molar-refractivity contribution in [3.8, 4) is 0 Å². The molecular formula is C11H17NO4S2. The summed E-state index contributed by atoms with van der Waals surface area (Å²) in [6.45, 7) is 0. The molecule has 1 aromatic carbocycles. The Kier molecular flexibility index (Phi) is 4.89. The van der Waals surface area contributed by atoms with Gasteiger partial charge in [0.2, 0.25) is 0 Å². The molecule has 0 aliphatic heterocycles. The highest BCUT2D eigenvalue weighted by Crippen LogP contribution is 2.12. The van der Waals surface area contributed by atoms with Crippen LogP contribution in [0.5, 0.6) is 0 Å². The van der Waals surface area contributed by atoms with Crippen LogP contribution in [0.15, 0.2) is 30.3 Å². The van der Waals surface area contributed by atoms with Crippen molar-refractivity contribution < 1.29 is 16.8 Å². The largest absolute Gasteiger partial charge is 0.323 e. The normalized spacial score (nSPS) is 14.3. The van der Waals surface area contributed by atoms with Gasteiger partial charge in [-0.2, -0.15) is 0 Å². The van der Waals surface area contributed by atoms with E-state index in [0.717, 1.165) is 11.8 Å². The van der Waals surface area contributed by atoms with Crippen LogP contribution < -0.4 is 5.73 Å². The summed E-state index contributed by atoms with van der Waals surface area (Å²) in [5.41, 5.74) is 6.51. The Bertz CT molecular complexity index is 579. The molecule has 0 aliphatic rings. The Hall–Kier alpha value is -0.920. The molecule has 5 nitrogen and oxygen atoms in total. The lowest BCUT2D eigenvalue weighted by Crippen LogP contribution is -2.26. The summed E-state index contributed by atoms with van der Waals surface area (Å²) in [4.78, 5) is 0. The van der Waals surface area contributed by atoms with Crippen molar-refractivity contribution in [2.24, 2.45) is 5.73 Å². The van der Waals surface area contributed by atoms with Gasteiger partial charge >= 0.3 is 0 Å². The van der Waals surface area contributed by atoms with Crippen LogP contribution in [-0.2, 0) is 19.7 Å². The Morgan fingerprint density at radius 2 is 1.61 bits per heavy atom. The fourth-order valence-electron chi connectivity index (χ4n) is 1.43. The molecule has 1 aromatic rings. The predicted molar refractivity (Wildman–Crippen MR) is 71.7 cm³/mol. The van der Waals surface area contributed by atoms with Gasteiger partial charge in [0.15, 0.2) is 9.84 Å². The van der Waals surface area contributed by atoms with Crippen LogP contribution in [0.1, 0.15) is 11.6 Å². The van der Waals surface area contributed by atoms with Gasteiger partial charge in [-0.05, 0) is 5.56 Å². The molecule has 102 valence electrons. The van der Waals surface area contributed by atoms with Gasteiger partial charge in [0, 0.05) is 12.3 Å². The summed E-state index contributed by atoms with van der Waals surface area (Å²) in [6, 6.07) is 8.23. The summed E-state index contributed by atoms with van der Waals surface area (Å²) in [5.74, 6) is -0.990. The molecular weight excluding hydrogens is 274 g/mol. The van der Waals surface area contributed by atoms with Crippen molar-refractivity contribution in [1.29, 1.82) is 0 Å². The van der Waals surface area contributed by atoms with Crippen LogP contribution in [0.25, 0.3) is 0 Å². The van der Waals surface area contributed by atoms with Crippen LogP contribution in [0.3, 0.4) is 0 Å². The molecule has 0 amide bonds. The smallest absolute Gasteiger partial charge is 0.153 e. The van der Waals surface area contributed by atoms with E-state index in [-0.39, 0.29) is 17.3 Å². The molecule has 7 heteroatoms. The summed E-state index contributed by atoms with van der Waals surface area (Å²) in [7, 11) is -6.74. The molecule has 0 saturated heterocycles. The zero-order chi connectivity index (χ0) is 13.8. The van der Waals surface area contributed by atoms with Crippen LogP contribution in [0, 0.1) is 0 Å². The number of nitrogens with two attached hydrogens (primary N) is 1.